The Morgan fingerprint density at radius 1 is 0.911 bits per heavy atom. The molecule has 228 valence electrons. The summed E-state index contributed by atoms with van der Waals surface area (Å²) in [6, 6.07) is 32.5. The van der Waals surface area contributed by atoms with Crippen LogP contribution in [0.5, 0.6) is 11.5 Å². The Kier molecular flexibility index (Phi) is 8.89. The second-order valence-electron chi connectivity index (χ2n) is 10.9. The molecule has 8 nitrogen and oxygen atoms in total. The van der Waals surface area contributed by atoms with Gasteiger partial charge in [-0.1, -0.05) is 97.1 Å². The summed E-state index contributed by atoms with van der Waals surface area (Å²) in [5.74, 6) is -0.489. The van der Waals surface area contributed by atoms with Crippen LogP contribution in [0.15, 0.2) is 120 Å². The molecule has 2 aliphatic rings. The number of nitrogens with zero attached hydrogens (tertiary/aromatic N) is 1. The Bertz CT molecular complexity index is 1690. The van der Waals surface area contributed by atoms with Gasteiger partial charge >= 0.3 is 5.97 Å². The molecular weight excluding hydrogens is 588 g/mol. The summed E-state index contributed by atoms with van der Waals surface area (Å²) in [4.78, 5) is 42.2. The van der Waals surface area contributed by atoms with Gasteiger partial charge in [-0.25, -0.2) is 4.79 Å². The van der Waals surface area contributed by atoms with Crippen molar-refractivity contribution in [3.05, 3.63) is 143 Å². The molecule has 0 radical (unpaired) electrons. The monoisotopic (exact) mass is 620 g/mol. The lowest BCUT2D eigenvalue weighted by atomic mass is 9.98. The number of benzene rings is 4. The van der Waals surface area contributed by atoms with E-state index in [2.05, 4.69) is 5.32 Å². The average molecular weight is 621 g/mol. The number of amides is 2. The second kappa shape index (κ2) is 13.3. The highest BCUT2D eigenvalue weighted by Gasteiger charge is 2.54. The Hall–Kier alpha value is -5.02. The number of aromatic hydroxyl groups is 1. The zero-order chi connectivity index (χ0) is 31.3. The van der Waals surface area contributed by atoms with Gasteiger partial charge in [0.1, 0.15) is 17.1 Å². The number of carbonyl (C=O) groups is 3. The number of ether oxygens (including phenoxy) is 2. The molecule has 2 N–H and O–H groups in total. The molecule has 9 heteroatoms. The van der Waals surface area contributed by atoms with Crippen molar-refractivity contribution >= 4 is 29.5 Å². The summed E-state index contributed by atoms with van der Waals surface area (Å²) >= 11 is 1.49. The van der Waals surface area contributed by atoms with E-state index < -0.39 is 23.5 Å². The summed E-state index contributed by atoms with van der Waals surface area (Å²) in [7, 11) is 1.47. The zero-order valence-corrected chi connectivity index (χ0v) is 25.4. The lowest BCUT2D eigenvalue weighted by Gasteiger charge is -2.50. The van der Waals surface area contributed by atoms with E-state index >= 15 is 0 Å². The molecule has 2 heterocycles. The van der Waals surface area contributed by atoms with Crippen LogP contribution in [-0.4, -0.2) is 52.1 Å². The quantitative estimate of drug-likeness (QED) is 0.186. The Labute approximate surface area is 265 Å². The van der Waals surface area contributed by atoms with Gasteiger partial charge < -0.3 is 19.9 Å². The van der Waals surface area contributed by atoms with Gasteiger partial charge in [0.25, 0.3) is 5.91 Å². The van der Waals surface area contributed by atoms with Crippen LogP contribution < -0.4 is 10.1 Å². The number of phenolic OH excluding ortho intramolecular Hbond substituents is 1. The molecule has 0 bridgehead atoms. The molecular formula is C36H32N2O6S. The highest BCUT2D eigenvalue weighted by molar-refractivity contribution is 8.00. The van der Waals surface area contributed by atoms with Crippen LogP contribution in [0.1, 0.15) is 28.4 Å². The third-order valence-electron chi connectivity index (χ3n) is 7.86. The first-order valence-electron chi connectivity index (χ1n) is 14.6. The number of thioether (sulfide) groups is 1. The number of methoxy groups -OCH3 is 1. The summed E-state index contributed by atoms with van der Waals surface area (Å²) in [5.41, 5.74) is 4.12. The first kappa shape index (κ1) is 30.0. The molecule has 4 aromatic carbocycles. The van der Waals surface area contributed by atoms with Crippen LogP contribution in [0.3, 0.4) is 0 Å². The van der Waals surface area contributed by atoms with Crippen molar-refractivity contribution in [2.45, 2.75) is 30.4 Å². The number of hydrogen-bond donors (Lipinski definition) is 2. The molecule has 4 aromatic rings. The maximum absolute atomic E-state index is 14.2. The fourth-order valence-electron chi connectivity index (χ4n) is 5.64. The highest BCUT2D eigenvalue weighted by atomic mass is 32.2. The molecule has 1 saturated heterocycles. The number of fused-ring (bicyclic) bond motifs is 1. The summed E-state index contributed by atoms with van der Waals surface area (Å²) < 4.78 is 11.5. The van der Waals surface area contributed by atoms with E-state index in [0.29, 0.717) is 23.5 Å². The number of esters is 1. The van der Waals surface area contributed by atoms with Gasteiger partial charge in [0.2, 0.25) is 5.91 Å². The number of nitrogens with one attached hydrogen (secondary N) is 1. The molecule has 6 rings (SSSR count). The molecule has 1 fully saturated rings. The summed E-state index contributed by atoms with van der Waals surface area (Å²) in [6.45, 7) is 0. The van der Waals surface area contributed by atoms with Gasteiger partial charge in [-0.3, -0.25) is 14.5 Å². The molecule has 2 atom stereocenters. The average Bonchev–Trinajstić information content (AvgIpc) is 3.07. The summed E-state index contributed by atoms with van der Waals surface area (Å²) in [6.07, 6.45) is -0.221. The summed E-state index contributed by atoms with van der Waals surface area (Å²) in [5, 5.41) is 12.5. The molecule has 0 aromatic heterocycles. The van der Waals surface area contributed by atoms with Gasteiger partial charge in [-0.15, -0.1) is 11.8 Å². The fraction of sp³-hybridized carbons (Fsp3) is 0.194. The van der Waals surface area contributed by atoms with Crippen molar-refractivity contribution in [1.29, 1.82) is 0 Å². The van der Waals surface area contributed by atoms with Gasteiger partial charge in [-0.2, -0.15) is 0 Å². The molecule has 0 aliphatic carbocycles. The first-order valence-corrected chi connectivity index (χ1v) is 15.6. The number of phenols is 1. The lowest BCUT2D eigenvalue weighted by Crippen LogP contribution is -2.70. The van der Waals surface area contributed by atoms with Gasteiger partial charge in [0.15, 0.2) is 17.6 Å². The van der Waals surface area contributed by atoms with Gasteiger partial charge in [-0.05, 0) is 46.4 Å². The fourth-order valence-corrected chi connectivity index (χ4v) is 6.98. The Balaban J connectivity index is 1.31. The first-order chi connectivity index (χ1) is 21.9. The van der Waals surface area contributed by atoms with Crippen LogP contribution in [0.2, 0.25) is 0 Å². The third kappa shape index (κ3) is 6.44. The van der Waals surface area contributed by atoms with Gasteiger partial charge in [0.05, 0.1) is 13.5 Å². The Morgan fingerprint density at radius 2 is 1.53 bits per heavy atom. The van der Waals surface area contributed by atoms with E-state index in [-0.39, 0.29) is 29.7 Å². The highest BCUT2D eigenvalue weighted by Crippen LogP contribution is 2.43. The smallest absolute Gasteiger partial charge is 0.356 e. The number of β-lactam (4-membered cyclic amide) rings is 1. The maximum atomic E-state index is 14.2. The van der Waals surface area contributed by atoms with Crippen LogP contribution in [0.25, 0.3) is 0 Å². The van der Waals surface area contributed by atoms with Crippen LogP contribution in [0, 0.1) is 0 Å². The van der Waals surface area contributed by atoms with Crippen molar-refractivity contribution in [3.63, 3.8) is 0 Å². The molecule has 2 aliphatic heterocycles. The number of hydrogen-bond acceptors (Lipinski definition) is 7. The predicted molar refractivity (Wildman–Crippen MR) is 171 cm³/mol. The standard InChI is InChI=1S/C36H32N2O6S/c1-43-29-20-24(17-18-28(29)39)19-27-22-45-35-31(37-30(40)21-23-11-5-2-6-12-23)34(41)38(35)32(27)36(42)44-33(25-13-7-3-8-14-25)26-15-9-4-10-16-26/h2-18,20,31,33,35,39H,19,21-22H2,1H3,(H,37,40)/t31-,35-/m1/s1. The van der Waals surface area contributed by atoms with E-state index in [9.17, 15) is 19.5 Å². The van der Waals surface area contributed by atoms with Crippen LogP contribution in [-0.2, 0) is 32.0 Å². The molecule has 0 spiro atoms. The van der Waals surface area contributed by atoms with E-state index in [1.807, 2.05) is 91.0 Å². The molecule has 0 saturated carbocycles. The molecule has 45 heavy (non-hydrogen) atoms. The van der Waals surface area contributed by atoms with Crippen molar-refractivity contribution in [1.82, 2.24) is 10.2 Å². The van der Waals surface area contributed by atoms with E-state index in [1.54, 1.807) is 18.2 Å². The van der Waals surface area contributed by atoms with E-state index in [1.165, 1.54) is 23.8 Å². The largest absolute Gasteiger partial charge is 0.504 e. The van der Waals surface area contributed by atoms with E-state index in [0.717, 1.165) is 22.3 Å². The van der Waals surface area contributed by atoms with Crippen molar-refractivity contribution in [2.24, 2.45) is 0 Å². The molecule has 0 unspecified atom stereocenters. The number of carbonyl (C=O) groups excluding carboxylic acids is 3. The van der Waals surface area contributed by atoms with Crippen molar-refractivity contribution < 1.29 is 29.0 Å². The van der Waals surface area contributed by atoms with E-state index in [4.69, 9.17) is 9.47 Å². The number of rotatable bonds is 10. The maximum Gasteiger partial charge on any atom is 0.356 e. The second-order valence-corrected chi connectivity index (χ2v) is 12.0. The zero-order valence-electron chi connectivity index (χ0n) is 24.6. The van der Waals surface area contributed by atoms with Crippen molar-refractivity contribution in [3.8, 4) is 11.5 Å². The lowest BCUT2D eigenvalue weighted by molar-refractivity contribution is -0.154. The van der Waals surface area contributed by atoms with Gasteiger partial charge in [0, 0.05) is 5.75 Å². The minimum atomic E-state index is -0.761. The topological polar surface area (TPSA) is 105 Å². The minimum absolute atomic E-state index is 0.00789. The van der Waals surface area contributed by atoms with Crippen LogP contribution >= 0.6 is 11.8 Å². The Morgan fingerprint density at radius 3 is 2.16 bits per heavy atom. The normalized spacial score (nSPS) is 17.4. The third-order valence-corrected chi connectivity index (χ3v) is 9.20. The minimum Gasteiger partial charge on any atom is -0.504 e. The van der Waals surface area contributed by atoms with Crippen molar-refractivity contribution in [2.75, 3.05) is 12.9 Å². The SMILES string of the molecule is COc1cc(CC2=C(C(=O)OC(c3ccccc3)c3ccccc3)N3C(=O)[C@@H](NC(=O)Cc4ccccc4)[C@H]3SC2)ccc1O. The van der Waals surface area contributed by atoms with Crippen LogP contribution in [0.4, 0.5) is 0 Å². The molecule has 2 amide bonds. The predicted octanol–water partition coefficient (Wildman–Crippen LogP) is 5.17.